The third-order valence-corrected chi connectivity index (χ3v) is 3.23. The molecule has 76 valence electrons. The number of aryl methyl sites for hydroxylation is 2. The van der Waals surface area contributed by atoms with Crippen LogP contribution in [0.1, 0.15) is 11.4 Å². The lowest BCUT2D eigenvalue weighted by molar-refractivity contribution is 0.608. The maximum Gasteiger partial charge on any atom is 0.264 e. The first-order valence-electron chi connectivity index (χ1n) is 3.29. The number of nitrogens with zero attached hydrogens (tertiary/aromatic N) is 2. The van der Waals surface area contributed by atoms with E-state index in [0.717, 1.165) is 0 Å². The van der Waals surface area contributed by atoms with E-state index in [1.807, 2.05) is 0 Å². The molecule has 0 spiro atoms. The first-order valence-corrected chi connectivity index (χ1v) is 5.60. The van der Waals surface area contributed by atoms with E-state index in [0.29, 0.717) is 11.4 Å². The maximum atomic E-state index is 11.0. The van der Waals surface area contributed by atoms with Gasteiger partial charge in [-0.3, -0.25) is 4.68 Å². The Kier molecular flexibility index (Phi) is 3.78. The lowest BCUT2D eigenvalue weighted by Crippen LogP contribution is -1.96. The van der Waals surface area contributed by atoms with Crippen molar-refractivity contribution in [1.82, 2.24) is 9.78 Å². The molecule has 0 aliphatic rings. The SMILES string of the molecule is Cc1nn(C)c(C)c1S(=O)(=O)Cl.Cl. The van der Waals surface area contributed by atoms with Crippen molar-refractivity contribution in [2.75, 3.05) is 0 Å². The summed E-state index contributed by atoms with van der Waals surface area (Å²) in [6, 6.07) is 0. The molecule has 0 radical (unpaired) electrons. The number of hydrogen-bond acceptors (Lipinski definition) is 3. The first kappa shape index (κ1) is 12.7. The monoisotopic (exact) mass is 244 g/mol. The fourth-order valence-corrected chi connectivity index (χ4v) is 2.66. The number of hydrogen-bond donors (Lipinski definition) is 0. The molecule has 0 atom stereocenters. The van der Waals surface area contributed by atoms with Crippen molar-refractivity contribution in [3.05, 3.63) is 11.4 Å². The Labute approximate surface area is 87.7 Å². The van der Waals surface area contributed by atoms with Crippen LogP contribution >= 0.6 is 23.1 Å². The van der Waals surface area contributed by atoms with Gasteiger partial charge in [0.25, 0.3) is 9.05 Å². The number of halogens is 2. The molecule has 0 aliphatic carbocycles. The third-order valence-electron chi connectivity index (χ3n) is 1.69. The zero-order valence-corrected chi connectivity index (χ0v) is 9.79. The number of aromatic nitrogens is 2. The second kappa shape index (κ2) is 3.86. The Morgan fingerprint density at radius 1 is 1.38 bits per heavy atom. The van der Waals surface area contributed by atoms with Gasteiger partial charge in [0.1, 0.15) is 4.90 Å². The molecule has 1 aromatic rings. The lowest BCUT2D eigenvalue weighted by atomic mass is 10.4. The average Bonchev–Trinajstić information content (AvgIpc) is 2.05. The Morgan fingerprint density at radius 2 is 1.85 bits per heavy atom. The molecule has 0 amide bonds. The molecule has 1 aromatic heterocycles. The molecule has 1 heterocycles. The van der Waals surface area contributed by atoms with E-state index in [2.05, 4.69) is 5.10 Å². The quantitative estimate of drug-likeness (QED) is 0.702. The third kappa shape index (κ3) is 2.36. The maximum absolute atomic E-state index is 11.0. The minimum absolute atomic E-state index is 0. The summed E-state index contributed by atoms with van der Waals surface area (Å²) in [5.74, 6) is 0. The highest BCUT2D eigenvalue weighted by atomic mass is 35.7. The van der Waals surface area contributed by atoms with E-state index >= 15 is 0 Å². The molecule has 1 rings (SSSR count). The molecular weight excluding hydrogens is 235 g/mol. The van der Waals surface area contributed by atoms with Gasteiger partial charge in [-0.25, -0.2) is 8.42 Å². The van der Waals surface area contributed by atoms with E-state index in [1.54, 1.807) is 20.9 Å². The van der Waals surface area contributed by atoms with Gasteiger partial charge in [0.05, 0.1) is 11.4 Å². The first-order chi connectivity index (χ1) is 5.34. The molecule has 4 nitrogen and oxygen atoms in total. The minimum atomic E-state index is -3.65. The summed E-state index contributed by atoms with van der Waals surface area (Å²) in [5.41, 5.74) is 0.993. The van der Waals surface area contributed by atoms with E-state index < -0.39 is 9.05 Å². The van der Waals surface area contributed by atoms with Gasteiger partial charge in [-0.15, -0.1) is 12.4 Å². The smallest absolute Gasteiger partial charge is 0.264 e. The van der Waals surface area contributed by atoms with Crippen LogP contribution in [0.15, 0.2) is 4.90 Å². The van der Waals surface area contributed by atoms with Crippen LogP contribution in [0.5, 0.6) is 0 Å². The van der Waals surface area contributed by atoms with Gasteiger partial charge in [-0.2, -0.15) is 5.10 Å². The van der Waals surface area contributed by atoms with Crippen molar-refractivity contribution < 1.29 is 8.42 Å². The summed E-state index contributed by atoms with van der Waals surface area (Å²) in [6.07, 6.45) is 0. The van der Waals surface area contributed by atoms with Gasteiger partial charge in [0.2, 0.25) is 0 Å². The summed E-state index contributed by atoms with van der Waals surface area (Å²) < 4.78 is 23.5. The van der Waals surface area contributed by atoms with Crippen LogP contribution in [-0.2, 0) is 16.1 Å². The van der Waals surface area contributed by atoms with Gasteiger partial charge < -0.3 is 0 Å². The van der Waals surface area contributed by atoms with Crippen LogP contribution in [0.4, 0.5) is 0 Å². The standard InChI is InChI=1S/C6H9ClN2O2S.ClH/c1-4-6(12(7,10)11)5(2)9(3)8-4;/h1-3H3;1H. The Morgan fingerprint density at radius 3 is 2.00 bits per heavy atom. The second-order valence-electron chi connectivity index (χ2n) is 2.56. The average molecular weight is 245 g/mol. The number of rotatable bonds is 1. The summed E-state index contributed by atoms with van der Waals surface area (Å²) in [7, 11) is 3.22. The van der Waals surface area contributed by atoms with Gasteiger partial charge in [-0.05, 0) is 13.8 Å². The molecule has 7 heteroatoms. The molecule has 0 saturated heterocycles. The molecule has 0 bridgehead atoms. The molecular formula is C6H10Cl2N2O2S. The fraction of sp³-hybridized carbons (Fsp3) is 0.500. The summed E-state index contributed by atoms with van der Waals surface area (Å²) in [4.78, 5) is 0.117. The Balaban J connectivity index is 0.00000144. The van der Waals surface area contributed by atoms with Crippen molar-refractivity contribution in [2.24, 2.45) is 7.05 Å². The van der Waals surface area contributed by atoms with Crippen molar-refractivity contribution in [1.29, 1.82) is 0 Å². The van der Waals surface area contributed by atoms with Crippen LogP contribution in [-0.4, -0.2) is 18.2 Å². The normalized spacial score (nSPS) is 11.1. The van der Waals surface area contributed by atoms with Crippen molar-refractivity contribution in [3.8, 4) is 0 Å². The second-order valence-corrected chi connectivity index (χ2v) is 5.06. The van der Waals surface area contributed by atoms with E-state index in [-0.39, 0.29) is 17.3 Å². The van der Waals surface area contributed by atoms with Crippen LogP contribution in [0, 0.1) is 13.8 Å². The summed E-state index contributed by atoms with van der Waals surface area (Å²) in [6.45, 7) is 3.28. The molecule has 0 saturated carbocycles. The fourth-order valence-electron chi connectivity index (χ4n) is 1.11. The van der Waals surface area contributed by atoms with Gasteiger partial charge in [0.15, 0.2) is 0 Å². The highest BCUT2D eigenvalue weighted by Crippen LogP contribution is 2.21. The van der Waals surface area contributed by atoms with Crippen molar-refractivity contribution in [2.45, 2.75) is 18.7 Å². The van der Waals surface area contributed by atoms with Crippen LogP contribution in [0.2, 0.25) is 0 Å². The highest BCUT2D eigenvalue weighted by Gasteiger charge is 2.20. The van der Waals surface area contributed by atoms with Crippen LogP contribution in [0.25, 0.3) is 0 Å². The zero-order chi connectivity index (χ0) is 9.52. The minimum Gasteiger partial charge on any atom is -0.271 e. The zero-order valence-electron chi connectivity index (χ0n) is 7.41. The van der Waals surface area contributed by atoms with E-state index in [1.165, 1.54) is 4.68 Å². The Hall–Kier alpha value is -0.260. The molecule has 0 aromatic carbocycles. The largest absolute Gasteiger partial charge is 0.271 e. The van der Waals surface area contributed by atoms with E-state index in [4.69, 9.17) is 10.7 Å². The summed E-state index contributed by atoms with van der Waals surface area (Å²) >= 11 is 0. The Bertz CT molecular complexity index is 411. The molecule has 0 fully saturated rings. The highest BCUT2D eigenvalue weighted by molar-refractivity contribution is 8.13. The van der Waals surface area contributed by atoms with Crippen LogP contribution < -0.4 is 0 Å². The predicted octanol–water partition coefficient (Wildman–Crippen LogP) is 1.39. The van der Waals surface area contributed by atoms with Crippen LogP contribution in [0.3, 0.4) is 0 Å². The van der Waals surface area contributed by atoms with Crippen molar-refractivity contribution in [3.63, 3.8) is 0 Å². The van der Waals surface area contributed by atoms with E-state index in [9.17, 15) is 8.42 Å². The van der Waals surface area contributed by atoms with Gasteiger partial charge in [0, 0.05) is 17.7 Å². The molecule has 0 N–H and O–H groups in total. The topological polar surface area (TPSA) is 52.0 Å². The predicted molar refractivity (Wildman–Crippen MR) is 53.0 cm³/mol. The molecule has 13 heavy (non-hydrogen) atoms. The van der Waals surface area contributed by atoms with Crippen molar-refractivity contribution >= 4 is 32.1 Å². The molecule has 0 aliphatic heterocycles. The van der Waals surface area contributed by atoms with Gasteiger partial charge >= 0.3 is 0 Å². The molecule has 0 unspecified atom stereocenters. The summed E-state index contributed by atoms with van der Waals surface area (Å²) in [5, 5.41) is 3.93. The van der Waals surface area contributed by atoms with Gasteiger partial charge in [-0.1, -0.05) is 0 Å². The lowest BCUT2D eigenvalue weighted by Gasteiger charge is -1.94.